The van der Waals surface area contributed by atoms with Crippen molar-refractivity contribution in [1.29, 1.82) is 0 Å². The quantitative estimate of drug-likeness (QED) is 0.805. The van der Waals surface area contributed by atoms with E-state index in [0.717, 1.165) is 12.8 Å². The molecular weight excluding hydrogens is 362 g/mol. The number of piperidine rings is 1. The number of sulfonamides is 1. The second-order valence-electron chi connectivity index (χ2n) is 6.79. The number of halogens is 1. The summed E-state index contributed by atoms with van der Waals surface area (Å²) >= 11 is 0. The van der Waals surface area contributed by atoms with Crippen LogP contribution >= 0.6 is 12.4 Å². The molecule has 1 aliphatic rings. The molecule has 1 saturated heterocycles. The molecule has 0 bridgehead atoms. The first-order valence-corrected chi connectivity index (χ1v) is 9.86. The zero-order valence-corrected chi connectivity index (χ0v) is 16.6. The predicted octanol–water partition coefficient (Wildman–Crippen LogP) is 1.99. The first-order chi connectivity index (χ1) is 11.2. The van der Waals surface area contributed by atoms with Crippen LogP contribution in [0.1, 0.15) is 44.0 Å². The predicted molar refractivity (Wildman–Crippen MR) is 101 cm³/mol. The number of nitrogens with two attached hydrogens (primary N) is 1. The third-order valence-electron chi connectivity index (χ3n) is 4.37. The van der Waals surface area contributed by atoms with Gasteiger partial charge in [-0.25, -0.2) is 13.1 Å². The van der Waals surface area contributed by atoms with Crippen molar-refractivity contribution in [2.45, 2.75) is 50.6 Å². The molecule has 8 heteroatoms. The molecule has 0 saturated carbocycles. The number of rotatable bonds is 5. The molecule has 1 amide bonds. The van der Waals surface area contributed by atoms with Gasteiger partial charge in [-0.15, -0.1) is 12.4 Å². The van der Waals surface area contributed by atoms with Crippen molar-refractivity contribution in [2.24, 2.45) is 11.7 Å². The maximum Gasteiger partial charge on any atom is 0.253 e. The molecule has 3 N–H and O–H groups in total. The molecular formula is C17H28ClN3O3S. The van der Waals surface area contributed by atoms with E-state index in [-0.39, 0.29) is 35.3 Å². The van der Waals surface area contributed by atoms with Crippen LogP contribution in [-0.2, 0) is 10.0 Å². The average Bonchev–Trinajstić information content (AvgIpc) is 2.53. The van der Waals surface area contributed by atoms with Crippen LogP contribution in [0.15, 0.2) is 29.2 Å². The maximum absolute atomic E-state index is 12.5. The highest BCUT2D eigenvalue weighted by Crippen LogP contribution is 2.21. The van der Waals surface area contributed by atoms with E-state index in [1.54, 1.807) is 26.0 Å². The molecule has 1 unspecified atom stereocenters. The standard InChI is InChI=1S/C17H27N3O3S.ClH/c1-12(2)19-24(22,23)16-6-4-15(5-7-16)17(21)20-10-8-14(9-11-20)13(3)18;/h4-7,12-14,19H,8-11,18H2,1-3H3;1H. The number of carbonyl (C=O) groups excluding carboxylic acids is 1. The molecule has 0 radical (unpaired) electrons. The van der Waals surface area contributed by atoms with Gasteiger partial charge >= 0.3 is 0 Å². The van der Waals surface area contributed by atoms with Gasteiger partial charge in [0.1, 0.15) is 0 Å². The minimum absolute atomic E-state index is 0. The van der Waals surface area contributed by atoms with Crippen LogP contribution in [-0.4, -0.2) is 44.4 Å². The number of likely N-dealkylation sites (tertiary alicyclic amines) is 1. The van der Waals surface area contributed by atoms with Crippen LogP contribution in [0.5, 0.6) is 0 Å². The number of hydrogen-bond acceptors (Lipinski definition) is 4. The van der Waals surface area contributed by atoms with Gasteiger partial charge < -0.3 is 10.6 Å². The fourth-order valence-electron chi connectivity index (χ4n) is 2.97. The molecule has 25 heavy (non-hydrogen) atoms. The first kappa shape index (κ1) is 21.9. The normalized spacial score (nSPS) is 17.2. The van der Waals surface area contributed by atoms with Crippen LogP contribution in [0.2, 0.25) is 0 Å². The van der Waals surface area contributed by atoms with Gasteiger partial charge in [0.05, 0.1) is 4.90 Å². The zero-order chi connectivity index (χ0) is 17.9. The summed E-state index contributed by atoms with van der Waals surface area (Å²) in [5, 5.41) is 0. The van der Waals surface area contributed by atoms with Gasteiger partial charge in [0.2, 0.25) is 10.0 Å². The number of nitrogens with one attached hydrogen (secondary N) is 1. The molecule has 1 aliphatic heterocycles. The summed E-state index contributed by atoms with van der Waals surface area (Å²) in [5.41, 5.74) is 6.44. The third-order valence-corrected chi connectivity index (χ3v) is 6.05. The Morgan fingerprint density at radius 2 is 1.68 bits per heavy atom. The van der Waals surface area contributed by atoms with E-state index in [4.69, 9.17) is 5.73 Å². The molecule has 1 aromatic carbocycles. The van der Waals surface area contributed by atoms with Crippen molar-refractivity contribution >= 4 is 28.3 Å². The minimum Gasteiger partial charge on any atom is -0.339 e. The third kappa shape index (κ3) is 5.67. The van der Waals surface area contributed by atoms with Gasteiger partial charge in [-0.05, 0) is 63.8 Å². The highest BCUT2D eigenvalue weighted by Gasteiger charge is 2.25. The SMILES string of the molecule is CC(C)NS(=O)(=O)c1ccc(C(=O)N2CCC(C(C)N)CC2)cc1.Cl. The minimum atomic E-state index is -3.53. The van der Waals surface area contributed by atoms with Crippen molar-refractivity contribution in [3.05, 3.63) is 29.8 Å². The van der Waals surface area contributed by atoms with Gasteiger partial charge in [0, 0.05) is 30.7 Å². The van der Waals surface area contributed by atoms with Crippen molar-refractivity contribution < 1.29 is 13.2 Å². The summed E-state index contributed by atoms with van der Waals surface area (Å²) in [5.74, 6) is 0.405. The van der Waals surface area contributed by atoms with E-state index in [0.29, 0.717) is 24.6 Å². The number of nitrogens with zero attached hydrogens (tertiary/aromatic N) is 1. The van der Waals surface area contributed by atoms with Crippen LogP contribution in [0.25, 0.3) is 0 Å². The van der Waals surface area contributed by atoms with Gasteiger partial charge in [0.25, 0.3) is 5.91 Å². The fraction of sp³-hybridized carbons (Fsp3) is 0.588. The molecule has 0 aliphatic carbocycles. The summed E-state index contributed by atoms with van der Waals surface area (Å²) < 4.78 is 26.7. The van der Waals surface area contributed by atoms with Crippen LogP contribution in [0.3, 0.4) is 0 Å². The van der Waals surface area contributed by atoms with E-state index in [1.807, 2.05) is 11.8 Å². The lowest BCUT2D eigenvalue weighted by Gasteiger charge is -2.33. The molecule has 6 nitrogen and oxygen atoms in total. The number of benzene rings is 1. The zero-order valence-electron chi connectivity index (χ0n) is 14.9. The Hall–Kier alpha value is -1.15. The molecule has 1 aromatic rings. The van der Waals surface area contributed by atoms with E-state index >= 15 is 0 Å². The summed E-state index contributed by atoms with van der Waals surface area (Å²) in [7, 11) is -3.53. The van der Waals surface area contributed by atoms with Crippen LogP contribution in [0.4, 0.5) is 0 Å². The van der Waals surface area contributed by atoms with E-state index in [9.17, 15) is 13.2 Å². The average molecular weight is 390 g/mol. The van der Waals surface area contributed by atoms with E-state index < -0.39 is 10.0 Å². The number of hydrogen-bond donors (Lipinski definition) is 2. The number of carbonyl (C=O) groups is 1. The Morgan fingerprint density at radius 3 is 2.12 bits per heavy atom. The second-order valence-corrected chi connectivity index (χ2v) is 8.50. The monoisotopic (exact) mass is 389 g/mol. The molecule has 1 heterocycles. The Kier molecular flexibility index (Phi) is 7.87. The first-order valence-electron chi connectivity index (χ1n) is 8.38. The molecule has 142 valence electrons. The van der Waals surface area contributed by atoms with Crippen molar-refractivity contribution in [1.82, 2.24) is 9.62 Å². The van der Waals surface area contributed by atoms with E-state index in [2.05, 4.69) is 4.72 Å². The molecule has 1 atom stereocenters. The smallest absolute Gasteiger partial charge is 0.253 e. The van der Waals surface area contributed by atoms with Gasteiger partial charge in [-0.1, -0.05) is 0 Å². The summed E-state index contributed by atoms with van der Waals surface area (Å²) in [6.07, 6.45) is 1.82. The highest BCUT2D eigenvalue weighted by atomic mass is 35.5. The van der Waals surface area contributed by atoms with Crippen molar-refractivity contribution in [2.75, 3.05) is 13.1 Å². The highest BCUT2D eigenvalue weighted by molar-refractivity contribution is 7.89. The lowest BCUT2D eigenvalue weighted by atomic mass is 9.90. The van der Waals surface area contributed by atoms with Crippen LogP contribution < -0.4 is 10.5 Å². The molecule has 1 fully saturated rings. The molecule has 2 rings (SSSR count). The van der Waals surface area contributed by atoms with E-state index in [1.165, 1.54) is 12.1 Å². The lowest BCUT2D eigenvalue weighted by Crippen LogP contribution is -2.42. The van der Waals surface area contributed by atoms with Gasteiger partial charge in [-0.2, -0.15) is 0 Å². The molecule has 0 aromatic heterocycles. The molecule has 0 spiro atoms. The maximum atomic E-state index is 12.5. The second kappa shape index (κ2) is 8.98. The van der Waals surface area contributed by atoms with Crippen molar-refractivity contribution in [3.8, 4) is 0 Å². The lowest BCUT2D eigenvalue weighted by molar-refractivity contribution is 0.0681. The van der Waals surface area contributed by atoms with Crippen molar-refractivity contribution in [3.63, 3.8) is 0 Å². The van der Waals surface area contributed by atoms with Gasteiger partial charge in [0.15, 0.2) is 0 Å². The Balaban J connectivity index is 0.00000312. The topological polar surface area (TPSA) is 92.5 Å². The summed E-state index contributed by atoms with van der Waals surface area (Å²) in [6.45, 7) is 6.93. The Morgan fingerprint density at radius 1 is 1.16 bits per heavy atom. The van der Waals surface area contributed by atoms with Gasteiger partial charge in [-0.3, -0.25) is 4.79 Å². The Bertz CT molecular complexity index is 667. The number of amides is 1. The Labute approximate surface area is 156 Å². The fourth-order valence-corrected chi connectivity index (χ4v) is 4.22. The summed E-state index contributed by atoms with van der Waals surface area (Å²) in [6, 6.07) is 6.09. The largest absolute Gasteiger partial charge is 0.339 e. The summed E-state index contributed by atoms with van der Waals surface area (Å²) in [4.78, 5) is 14.5. The van der Waals surface area contributed by atoms with Crippen LogP contribution in [0, 0.1) is 5.92 Å².